The van der Waals surface area contributed by atoms with Gasteiger partial charge in [0.2, 0.25) is 10.0 Å². The maximum atomic E-state index is 12.5. The van der Waals surface area contributed by atoms with Gasteiger partial charge < -0.3 is 14.6 Å². The third kappa shape index (κ3) is 4.08. The summed E-state index contributed by atoms with van der Waals surface area (Å²) in [7, 11) is -2.33. The SMILES string of the molecule is COc1ccc(/C=C/C(=O)[O-])cc1S(=O)(=O)NC1CCCC1. The molecule has 7 heteroatoms. The molecule has 0 spiro atoms. The van der Waals surface area contributed by atoms with Crippen LogP contribution in [0, 0.1) is 0 Å². The van der Waals surface area contributed by atoms with E-state index in [2.05, 4.69) is 4.72 Å². The van der Waals surface area contributed by atoms with Gasteiger partial charge >= 0.3 is 0 Å². The highest BCUT2D eigenvalue weighted by atomic mass is 32.2. The van der Waals surface area contributed by atoms with Crippen LogP contribution < -0.4 is 14.6 Å². The molecule has 0 unspecified atom stereocenters. The average molecular weight is 324 g/mol. The molecule has 1 aromatic rings. The molecule has 0 radical (unpaired) electrons. The van der Waals surface area contributed by atoms with Crippen molar-refractivity contribution in [3.63, 3.8) is 0 Å². The summed E-state index contributed by atoms with van der Waals surface area (Å²) >= 11 is 0. The molecule has 0 aromatic heterocycles. The highest BCUT2D eigenvalue weighted by Gasteiger charge is 2.25. The van der Waals surface area contributed by atoms with Gasteiger partial charge in [-0.3, -0.25) is 0 Å². The summed E-state index contributed by atoms with van der Waals surface area (Å²) in [5, 5.41) is 10.5. The van der Waals surface area contributed by atoms with E-state index in [1.54, 1.807) is 6.07 Å². The minimum Gasteiger partial charge on any atom is -0.545 e. The van der Waals surface area contributed by atoms with Crippen LogP contribution in [0.3, 0.4) is 0 Å². The molecular weight excluding hydrogens is 306 g/mol. The number of carbonyl (C=O) groups excluding carboxylic acids is 1. The van der Waals surface area contributed by atoms with E-state index in [1.807, 2.05) is 0 Å². The van der Waals surface area contributed by atoms with E-state index in [0.717, 1.165) is 31.8 Å². The number of sulfonamides is 1. The van der Waals surface area contributed by atoms with E-state index < -0.39 is 16.0 Å². The topological polar surface area (TPSA) is 95.5 Å². The van der Waals surface area contributed by atoms with Gasteiger partial charge in [-0.2, -0.15) is 0 Å². The molecule has 1 N–H and O–H groups in total. The first-order valence-electron chi connectivity index (χ1n) is 7.02. The first kappa shape index (κ1) is 16.5. The summed E-state index contributed by atoms with van der Waals surface area (Å²) in [5.74, 6) is -1.12. The molecule has 0 amide bonds. The third-order valence-corrected chi connectivity index (χ3v) is 5.11. The van der Waals surface area contributed by atoms with Crippen LogP contribution in [-0.2, 0) is 14.8 Å². The van der Waals surface area contributed by atoms with Gasteiger partial charge in [0, 0.05) is 6.04 Å². The van der Waals surface area contributed by atoms with Crippen molar-refractivity contribution in [2.24, 2.45) is 0 Å². The van der Waals surface area contributed by atoms with Crippen molar-refractivity contribution in [2.45, 2.75) is 36.6 Å². The van der Waals surface area contributed by atoms with Crippen LogP contribution in [0.5, 0.6) is 5.75 Å². The summed E-state index contributed by atoms with van der Waals surface area (Å²) in [6.07, 6.45) is 5.81. The summed E-state index contributed by atoms with van der Waals surface area (Å²) in [5.41, 5.74) is 0.441. The Morgan fingerprint density at radius 1 is 1.36 bits per heavy atom. The van der Waals surface area contributed by atoms with Crippen LogP contribution in [0.15, 0.2) is 29.2 Å². The summed E-state index contributed by atoms with van der Waals surface area (Å²) in [6, 6.07) is 4.40. The molecular formula is C15H18NO5S-. The van der Waals surface area contributed by atoms with Crippen molar-refractivity contribution in [1.29, 1.82) is 0 Å². The number of nitrogens with one attached hydrogen (secondary N) is 1. The Kier molecular flexibility index (Phi) is 5.20. The number of carboxylic acid groups (broad SMARTS) is 1. The van der Waals surface area contributed by atoms with Crippen LogP contribution in [0.1, 0.15) is 31.2 Å². The van der Waals surface area contributed by atoms with Gasteiger partial charge in [0.25, 0.3) is 0 Å². The second-order valence-electron chi connectivity index (χ2n) is 5.17. The van der Waals surface area contributed by atoms with Crippen molar-refractivity contribution >= 4 is 22.1 Å². The molecule has 1 fully saturated rings. The highest BCUT2D eigenvalue weighted by molar-refractivity contribution is 7.89. The second-order valence-corrected chi connectivity index (χ2v) is 6.85. The number of hydrogen-bond donors (Lipinski definition) is 1. The first-order valence-corrected chi connectivity index (χ1v) is 8.50. The zero-order valence-electron chi connectivity index (χ0n) is 12.2. The largest absolute Gasteiger partial charge is 0.545 e. The van der Waals surface area contributed by atoms with Gasteiger partial charge in [-0.25, -0.2) is 13.1 Å². The normalized spacial score (nSPS) is 16.2. The lowest BCUT2D eigenvalue weighted by Gasteiger charge is -2.15. The van der Waals surface area contributed by atoms with Crippen molar-refractivity contribution < 1.29 is 23.1 Å². The first-order chi connectivity index (χ1) is 10.4. The minimum atomic E-state index is -3.72. The fourth-order valence-electron chi connectivity index (χ4n) is 2.50. The van der Waals surface area contributed by atoms with E-state index in [-0.39, 0.29) is 16.7 Å². The number of ether oxygens (including phenoxy) is 1. The number of carboxylic acids is 1. The standard InChI is InChI=1S/C15H19NO5S/c1-21-13-8-6-11(7-9-15(17)18)10-14(13)22(19,20)16-12-4-2-3-5-12/h6-10,12,16H,2-5H2,1H3,(H,17,18)/p-1/b9-7+. The molecule has 0 atom stereocenters. The number of rotatable bonds is 6. The molecule has 6 nitrogen and oxygen atoms in total. The molecule has 1 saturated carbocycles. The number of benzene rings is 1. The predicted molar refractivity (Wildman–Crippen MR) is 79.6 cm³/mol. The lowest BCUT2D eigenvalue weighted by molar-refractivity contribution is -0.297. The molecule has 0 aliphatic heterocycles. The van der Waals surface area contributed by atoms with Crippen LogP contribution >= 0.6 is 0 Å². The van der Waals surface area contributed by atoms with Gasteiger partial charge in [0.05, 0.1) is 13.1 Å². The highest BCUT2D eigenvalue weighted by Crippen LogP contribution is 2.27. The lowest BCUT2D eigenvalue weighted by atomic mass is 10.2. The van der Waals surface area contributed by atoms with Crippen LogP contribution in [0.4, 0.5) is 0 Å². The Balaban J connectivity index is 2.33. The third-order valence-electron chi connectivity index (χ3n) is 3.57. The quantitative estimate of drug-likeness (QED) is 0.776. The molecule has 0 saturated heterocycles. The van der Waals surface area contributed by atoms with E-state index in [0.29, 0.717) is 5.56 Å². The molecule has 0 heterocycles. The van der Waals surface area contributed by atoms with Gasteiger partial charge in [0.15, 0.2) is 0 Å². The number of aliphatic carboxylic acids is 1. The lowest BCUT2D eigenvalue weighted by Crippen LogP contribution is -2.32. The van der Waals surface area contributed by atoms with Gasteiger partial charge in [-0.15, -0.1) is 0 Å². The number of carbonyl (C=O) groups is 1. The zero-order valence-corrected chi connectivity index (χ0v) is 13.1. The Bertz CT molecular complexity index is 675. The van der Waals surface area contributed by atoms with E-state index in [9.17, 15) is 18.3 Å². The summed E-state index contributed by atoms with van der Waals surface area (Å²) < 4.78 is 32.8. The Labute approximate surface area is 129 Å². The molecule has 1 aliphatic rings. The maximum Gasteiger partial charge on any atom is 0.244 e. The Morgan fingerprint density at radius 3 is 2.64 bits per heavy atom. The number of hydrogen-bond acceptors (Lipinski definition) is 5. The monoisotopic (exact) mass is 324 g/mol. The molecule has 1 aliphatic carbocycles. The van der Waals surface area contributed by atoms with Crippen molar-refractivity contribution in [3.05, 3.63) is 29.8 Å². The maximum absolute atomic E-state index is 12.5. The summed E-state index contributed by atoms with van der Waals surface area (Å²) in [6.45, 7) is 0. The fourth-order valence-corrected chi connectivity index (χ4v) is 4.01. The van der Waals surface area contributed by atoms with E-state index in [4.69, 9.17) is 4.74 Å². The van der Waals surface area contributed by atoms with Gasteiger partial charge in [-0.1, -0.05) is 25.0 Å². The Hall–Kier alpha value is -1.86. The zero-order chi connectivity index (χ0) is 16.2. The van der Waals surface area contributed by atoms with Crippen LogP contribution in [0.25, 0.3) is 6.08 Å². The van der Waals surface area contributed by atoms with E-state index >= 15 is 0 Å². The predicted octanol–water partition coefficient (Wildman–Crippen LogP) is 0.679. The van der Waals surface area contributed by atoms with Crippen molar-refractivity contribution in [2.75, 3.05) is 7.11 Å². The van der Waals surface area contributed by atoms with Gasteiger partial charge in [0.1, 0.15) is 10.6 Å². The van der Waals surface area contributed by atoms with Crippen molar-refractivity contribution in [1.82, 2.24) is 4.72 Å². The fraction of sp³-hybridized carbons (Fsp3) is 0.400. The smallest absolute Gasteiger partial charge is 0.244 e. The summed E-state index contributed by atoms with van der Waals surface area (Å²) in [4.78, 5) is 10.5. The van der Waals surface area contributed by atoms with Crippen LogP contribution in [-0.4, -0.2) is 27.5 Å². The second kappa shape index (κ2) is 6.93. The molecule has 0 bridgehead atoms. The van der Waals surface area contributed by atoms with Crippen molar-refractivity contribution in [3.8, 4) is 5.75 Å². The Morgan fingerprint density at radius 2 is 2.05 bits per heavy atom. The van der Waals surface area contributed by atoms with E-state index in [1.165, 1.54) is 25.3 Å². The molecule has 1 aromatic carbocycles. The number of methoxy groups -OCH3 is 1. The average Bonchev–Trinajstić information content (AvgIpc) is 2.97. The molecule has 120 valence electrons. The molecule has 2 rings (SSSR count). The van der Waals surface area contributed by atoms with Crippen LogP contribution in [0.2, 0.25) is 0 Å². The minimum absolute atomic E-state index is 0.00222. The van der Waals surface area contributed by atoms with Gasteiger partial charge in [-0.05, 0) is 36.6 Å². The molecule has 22 heavy (non-hydrogen) atoms.